The first kappa shape index (κ1) is 13.2. The Morgan fingerprint density at radius 1 is 1.32 bits per heavy atom. The van der Waals surface area contributed by atoms with Gasteiger partial charge in [0.05, 0.1) is 5.69 Å². The van der Waals surface area contributed by atoms with E-state index in [9.17, 15) is 4.79 Å². The molecule has 0 radical (unpaired) electrons. The van der Waals surface area contributed by atoms with E-state index >= 15 is 0 Å². The van der Waals surface area contributed by atoms with Gasteiger partial charge in [-0.3, -0.25) is 0 Å². The molecule has 1 aromatic carbocycles. The Morgan fingerprint density at radius 3 is 2.74 bits per heavy atom. The SMILES string of the molecule is Nc1ccc(C(=O)O)nc1OCc1ccccc1Cl. The molecule has 0 aliphatic rings. The van der Waals surface area contributed by atoms with Gasteiger partial charge in [-0.05, 0) is 18.2 Å². The van der Waals surface area contributed by atoms with Crippen LogP contribution < -0.4 is 10.5 Å². The number of carboxylic acids is 1. The molecule has 6 heteroatoms. The van der Waals surface area contributed by atoms with E-state index in [1.54, 1.807) is 12.1 Å². The second-order valence-corrected chi connectivity index (χ2v) is 4.18. The van der Waals surface area contributed by atoms with Crippen LogP contribution in [0.4, 0.5) is 5.69 Å². The molecule has 2 aromatic rings. The number of pyridine rings is 1. The number of nitrogens with two attached hydrogens (primary N) is 1. The van der Waals surface area contributed by atoms with Gasteiger partial charge in [0.2, 0.25) is 5.88 Å². The van der Waals surface area contributed by atoms with Crippen molar-refractivity contribution in [1.29, 1.82) is 0 Å². The fourth-order valence-electron chi connectivity index (χ4n) is 1.45. The van der Waals surface area contributed by atoms with Gasteiger partial charge in [0.25, 0.3) is 0 Å². The number of rotatable bonds is 4. The maximum absolute atomic E-state index is 10.8. The van der Waals surface area contributed by atoms with Crippen molar-refractivity contribution in [2.75, 3.05) is 5.73 Å². The van der Waals surface area contributed by atoms with Crippen LogP contribution in [0, 0.1) is 0 Å². The average Bonchev–Trinajstić information content (AvgIpc) is 2.39. The van der Waals surface area contributed by atoms with Crippen molar-refractivity contribution in [2.45, 2.75) is 6.61 Å². The zero-order valence-corrected chi connectivity index (χ0v) is 10.6. The topological polar surface area (TPSA) is 85.4 Å². The number of hydrogen-bond donors (Lipinski definition) is 2. The molecule has 0 aliphatic carbocycles. The molecule has 0 unspecified atom stereocenters. The number of halogens is 1. The van der Waals surface area contributed by atoms with Crippen molar-refractivity contribution >= 4 is 23.3 Å². The van der Waals surface area contributed by atoms with E-state index in [1.165, 1.54) is 12.1 Å². The smallest absolute Gasteiger partial charge is 0.354 e. The molecule has 0 spiro atoms. The average molecular weight is 279 g/mol. The zero-order valence-electron chi connectivity index (χ0n) is 9.84. The molecule has 0 bridgehead atoms. The van der Waals surface area contributed by atoms with Crippen molar-refractivity contribution < 1.29 is 14.6 Å². The van der Waals surface area contributed by atoms with Gasteiger partial charge in [-0.15, -0.1) is 0 Å². The van der Waals surface area contributed by atoms with Gasteiger partial charge < -0.3 is 15.6 Å². The van der Waals surface area contributed by atoms with Crippen LogP contribution in [-0.4, -0.2) is 16.1 Å². The third kappa shape index (κ3) is 3.14. The summed E-state index contributed by atoms with van der Waals surface area (Å²) in [6.45, 7) is 0.167. The predicted molar refractivity (Wildman–Crippen MR) is 71.4 cm³/mol. The highest BCUT2D eigenvalue weighted by Crippen LogP contribution is 2.22. The van der Waals surface area contributed by atoms with Gasteiger partial charge in [-0.25, -0.2) is 9.78 Å². The normalized spacial score (nSPS) is 10.2. The van der Waals surface area contributed by atoms with E-state index in [-0.39, 0.29) is 23.9 Å². The van der Waals surface area contributed by atoms with E-state index in [0.29, 0.717) is 5.02 Å². The molecule has 0 aliphatic heterocycles. The first-order chi connectivity index (χ1) is 9.08. The lowest BCUT2D eigenvalue weighted by Crippen LogP contribution is -2.06. The molecule has 98 valence electrons. The number of ether oxygens (including phenoxy) is 1. The maximum atomic E-state index is 10.8. The molecule has 0 amide bonds. The quantitative estimate of drug-likeness (QED) is 0.898. The lowest BCUT2D eigenvalue weighted by molar-refractivity contribution is 0.0689. The van der Waals surface area contributed by atoms with Crippen LogP contribution in [0.5, 0.6) is 5.88 Å². The predicted octanol–water partition coefficient (Wildman–Crippen LogP) is 2.59. The Hall–Kier alpha value is -2.27. The summed E-state index contributed by atoms with van der Waals surface area (Å²) in [5.41, 5.74) is 6.60. The number of anilines is 1. The van der Waals surface area contributed by atoms with Gasteiger partial charge in [0.1, 0.15) is 6.61 Å². The van der Waals surface area contributed by atoms with Gasteiger partial charge in [0.15, 0.2) is 5.69 Å². The highest BCUT2D eigenvalue weighted by atomic mass is 35.5. The van der Waals surface area contributed by atoms with E-state index in [0.717, 1.165) is 5.56 Å². The molecule has 2 rings (SSSR count). The first-order valence-corrected chi connectivity index (χ1v) is 5.81. The van der Waals surface area contributed by atoms with E-state index < -0.39 is 5.97 Å². The van der Waals surface area contributed by atoms with E-state index in [1.807, 2.05) is 12.1 Å². The molecule has 1 heterocycles. The Labute approximate surface area is 114 Å². The van der Waals surface area contributed by atoms with Crippen LogP contribution >= 0.6 is 11.6 Å². The fraction of sp³-hybridized carbons (Fsp3) is 0.0769. The van der Waals surface area contributed by atoms with Gasteiger partial charge in [-0.2, -0.15) is 0 Å². The van der Waals surface area contributed by atoms with Gasteiger partial charge >= 0.3 is 5.97 Å². The van der Waals surface area contributed by atoms with Crippen molar-refractivity contribution in [3.63, 3.8) is 0 Å². The number of aromatic nitrogens is 1. The minimum atomic E-state index is -1.14. The second kappa shape index (κ2) is 5.58. The fourth-order valence-corrected chi connectivity index (χ4v) is 1.64. The summed E-state index contributed by atoms with van der Waals surface area (Å²) in [4.78, 5) is 14.6. The van der Waals surface area contributed by atoms with Crippen molar-refractivity contribution in [3.8, 4) is 5.88 Å². The summed E-state index contributed by atoms with van der Waals surface area (Å²) in [6.07, 6.45) is 0. The summed E-state index contributed by atoms with van der Waals surface area (Å²) in [5, 5.41) is 9.41. The molecule has 19 heavy (non-hydrogen) atoms. The first-order valence-electron chi connectivity index (χ1n) is 5.44. The summed E-state index contributed by atoms with van der Waals surface area (Å²) in [6, 6.07) is 9.95. The van der Waals surface area contributed by atoms with E-state index in [2.05, 4.69) is 4.98 Å². The van der Waals surface area contributed by atoms with Crippen LogP contribution in [0.15, 0.2) is 36.4 Å². The van der Waals surface area contributed by atoms with Crippen LogP contribution in [0.25, 0.3) is 0 Å². The number of hydrogen-bond acceptors (Lipinski definition) is 4. The second-order valence-electron chi connectivity index (χ2n) is 3.78. The molecule has 0 atom stereocenters. The lowest BCUT2D eigenvalue weighted by Gasteiger charge is -2.09. The van der Waals surface area contributed by atoms with Crippen molar-refractivity contribution in [1.82, 2.24) is 4.98 Å². The molecule has 5 nitrogen and oxygen atoms in total. The summed E-state index contributed by atoms with van der Waals surface area (Å²) >= 11 is 5.99. The van der Waals surface area contributed by atoms with Crippen LogP contribution in [0.1, 0.15) is 16.1 Å². The van der Waals surface area contributed by atoms with Gasteiger partial charge in [0, 0.05) is 10.6 Å². The minimum Gasteiger partial charge on any atom is -0.477 e. The van der Waals surface area contributed by atoms with Crippen LogP contribution in [0.3, 0.4) is 0 Å². The Balaban J connectivity index is 2.17. The largest absolute Gasteiger partial charge is 0.477 e. The molecule has 0 fully saturated rings. The van der Waals surface area contributed by atoms with E-state index in [4.69, 9.17) is 27.2 Å². The highest BCUT2D eigenvalue weighted by molar-refractivity contribution is 6.31. The highest BCUT2D eigenvalue weighted by Gasteiger charge is 2.10. The third-order valence-electron chi connectivity index (χ3n) is 2.43. The number of carbonyl (C=O) groups is 1. The monoisotopic (exact) mass is 278 g/mol. The molecular weight excluding hydrogens is 268 g/mol. The zero-order chi connectivity index (χ0) is 13.8. The maximum Gasteiger partial charge on any atom is 0.354 e. The lowest BCUT2D eigenvalue weighted by atomic mass is 10.2. The summed E-state index contributed by atoms with van der Waals surface area (Å²) < 4.78 is 5.41. The molecule has 0 saturated carbocycles. The Kier molecular flexibility index (Phi) is 3.87. The van der Waals surface area contributed by atoms with Crippen LogP contribution in [-0.2, 0) is 6.61 Å². The molecule has 0 saturated heterocycles. The minimum absolute atomic E-state index is 0.0832. The number of benzene rings is 1. The standard InChI is InChI=1S/C13H11ClN2O3/c14-9-4-2-1-3-8(9)7-19-12-10(15)5-6-11(16-12)13(17)18/h1-6H,7,15H2,(H,17,18). The summed E-state index contributed by atoms with van der Waals surface area (Å²) in [7, 11) is 0. The number of nitrogens with zero attached hydrogens (tertiary/aromatic N) is 1. The Morgan fingerprint density at radius 2 is 2.05 bits per heavy atom. The summed E-state index contributed by atoms with van der Waals surface area (Å²) in [5.74, 6) is -1.05. The van der Waals surface area contributed by atoms with Crippen molar-refractivity contribution in [3.05, 3.63) is 52.7 Å². The number of aromatic carboxylic acids is 1. The molecule has 1 aromatic heterocycles. The third-order valence-corrected chi connectivity index (χ3v) is 2.80. The van der Waals surface area contributed by atoms with Gasteiger partial charge in [-0.1, -0.05) is 29.8 Å². The Bertz CT molecular complexity index is 617. The molecule has 3 N–H and O–H groups in total. The number of nitrogen functional groups attached to an aromatic ring is 1. The number of carboxylic acid groups (broad SMARTS) is 1. The molecular formula is C13H11ClN2O3. The van der Waals surface area contributed by atoms with Crippen molar-refractivity contribution in [2.24, 2.45) is 0 Å². The van der Waals surface area contributed by atoms with Crippen LogP contribution in [0.2, 0.25) is 5.02 Å².